The average Bonchev–Trinajstić information content (AvgIpc) is 2.65. The standard InChI is InChI=1S/C22H27N3/c1-5-19-17(3)24-21-14-10-9-13-20(21)22(19)23-15-16(2)25(4)18-11-7-6-8-12-18/h6-14,16H,5,15H2,1-4H3,(H,23,24). The Labute approximate surface area is 150 Å². The van der Waals surface area contributed by atoms with Gasteiger partial charge in [-0.05, 0) is 44.0 Å². The number of nitrogens with zero attached hydrogens (tertiary/aromatic N) is 2. The number of benzene rings is 2. The van der Waals surface area contributed by atoms with Gasteiger partial charge in [-0.3, -0.25) is 4.98 Å². The molecule has 0 saturated carbocycles. The molecule has 3 heteroatoms. The van der Waals surface area contributed by atoms with Crippen LogP contribution < -0.4 is 10.2 Å². The molecule has 0 bridgehead atoms. The first-order valence-corrected chi connectivity index (χ1v) is 9.01. The molecule has 0 spiro atoms. The smallest absolute Gasteiger partial charge is 0.0726 e. The highest BCUT2D eigenvalue weighted by atomic mass is 15.1. The number of nitrogens with one attached hydrogen (secondary N) is 1. The molecule has 0 fully saturated rings. The number of pyridine rings is 1. The molecule has 3 rings (SSSR count). The highest BCUT2D eigenvalue weighted by Crippen LogP contribution is 2.29. The molecule has 0 radical (unpaired) electrons. The van der Waals surface area contributed by atoms with E-state index in [0.29, 0.717) is 6.04 Å². The number of aromatic nitrogens is 1. The van der Waals surface area contributed by atoms with Gasteiger partial charge in [0, 0.05) is 42.1 Å². The van der Waals surface area contributed by atoms with E-state index in [1.54, 1.807) is 0 Å². The van der Waals surface area contributed by atoms with E-state index < -0.39 is 0 Å². The topological polar surface area (TPSA) is 28.2 Å². The van der Waals surface area contributed by atoms with Gasteiger partial charge in [-0.15, -0.1) is 0 Å². The Morgan fingerprint density at radius 3 is 2.44 bits per heavy atom. The molecule has 130 valence electrons. The third kappa shape index (κ3) is 3.60. The Bertz CT molecular complexity index is 843. The molecule has 2 aromatic carbocycles. The Kier molecular flexibility index (Phi) is 5.22. The van der Waals surface area contributed by atoms with Crippen molar-refractivity contribution >= 4 is 22.3 Å². The summed E-state index contributed by atoms with van der Waals surface area (Å²) in [5, 5.41) is 4.92. The van der Waals surface area contributed by atoms with Crippen molar-refractivity contribution in [3.8, 4) is 0 Å². The maximum absolute atomic E-state index is 4.77. The van der Waals surface area contributed by atoms with Crippen LogP contribution in [0.15, 0.2) is 54.6 Å². The van der Waals surface area contributed by atoms with E-state index in [0.717, 1.165) is 24.2 Å². The zero-order valence-corrected chi connectivity index (χ0v) is 15.6. The molecule has 3 nitrogen and oxygen atoms in total. The third-order valence-electron chi connectivity index (χ3n) is 4.95. The van der Waals surface area contributed by atoms with Crippen LogP contribution in [-0.4, -0.2) is 24.6 Å². The molecule has 25 heavy (non-hydrogen) atoms. The van der Waals surface area contributed by atoms with Gasteiger partial charge in [0.15, 0.2) is 0 Å². The van der Waals surface area contributed by atoms with Crippen LogP contribution in [0.3, 0.4) is 0 Å². The van der Waals surface area contributed by atoms with Crippen LogP contribution in [0.1, 0.15) is 25.1 Å². The quantitative estimate of drug-likeness (QED) is 0.685. The van der Waals surface area contributed by atoms with Gasteiger partial charge >= 0.3 is 0 Å². The fraction of sp³-hybridized carbons (Fsp3) is 0.318. The van der Waals surface area contributed by atoms with E-state index in [1.807, 2.05) is 0 Å². The highest BCUT2D eigenvalue weighted by molar-refractivity contribution is 5.93. The minimum Gasteiger partial charge on any atom is -0.382 e. The van der Waals surface area contributed by atoms with Gasteiger partial charge in [0.05, 0.1) is 5.52 Å². The summed E-state index contributed by atoms with van der Waals surface area (Å²) in [4.78, 5) is 7.08. The van der Waals surface area contributed by atoms with Crippen molar-refractivity contribution in [3.05, 3.63) is 65.9 Å². The summed E-state index contributed by atoms with van der Waals surface area (Å²) in [5.41, 5.74) is 5.96. The number of likely N-dealkylation sites (N-methyl/N-ethyl adjacent to an activating group) is 1. The van der Waals surface area contributed by atoms with Gasteiger partial charge in [0.25, 0.3) is 0 Å². The van der Waals surface area contributed by atoms with E-state index in [1.165, 1.54) is 22.3 Å². The maximum Gasteiger partial charge on any atom is 0.0726 e. The Morgan fingerprint density at radius 2 is 1.72 bits per heavy atom. The van der Waals surface area contributed by atoms with Crippen molar-refractivity contribution in [2.45, 2.75) is 33.2 Å². The summed E-state index contributed by atoms with van der Waals surface area (Å²) in [6, 6.07) is 19.3. The molecule has 1 heterocycles. The van der Waals surface area contributed by atoms with Crippen molar-refractivity contribution < 1.29 is 0 Å². The molecule has 1 atom stereocenters. The van der Waals surface area contributed by atoms with Crippen LogP contribution in [0.4, 0.5) is 11.4 Å². The fourth-order valence-corrected chi connectivity index (χ4v) is 3.31. The molecular weight excluding hydrogens is 306 g/mol. The first-order chi connectivity index (χ1) is 12.1. The first kappa shape index (κ1) is 17.3. The zero-order chi connectivity index (χ0) is 17.8. The first-order valence-electron chi connectivity index (χ1n) is 9.01. The Balaban J connectivity index is 1.85. The number of anilines is 2. The number of fused-ring (bicyclic) bond motifs is 1. The Morgan fingerprint density at radius 1 is 1.04 bits per heavy atom. The molecular formula is C22H27N3. The molecule has 3 aromatic rings. The summed E-state index contributed by atoms with van der Waals surface area (Å²) < 4.78 is 0. The number of para-hydroxylation sites is 2. The summed E-state index contributed by atoms with van der Waals surface area (Å²) >= 11 is 0. The van der Waals surface area contributed by atoms with Crippen molar-refractivity contribution in [2.24, 2.45) is 0 Å². The zero-order valence-electron chi connectivity index (χ0n) is 15.6. The molecule has 0 amide bonds. The SMILES string of the molecule is CCc1c(C)nc2ccccc2c1NCC(C)N(C)c1ccccc1. The number of aryl methyl sites for hydroxylation is 1. The molecule has 1 N–H and O–H groups in total. The van der Waals surface area contributed by atoms with Crippen LogP contribution in [0.25, 0.3) is 10.9 Å². The summed E-state index contributed by atoms with van der Waals surface area (Å²) in [6.45, 7) is 7.44. The van der Waals surface area contributed by atoms with Crippen LogP contribution in [0, 0.1) is 6.92 Å². The van der Waals surface area contributed by atoms with Crippen molar-refractivity contribution in [2.75, 3.05) is 23.8 Å². The molecule has 1 aromatic heterocycles. The van der Waals surface area contributed by atoms with E-state index in [9.17, 15) is 0 Å². The molecule has 0 aliphatic heterocycles. The third-order valence-corrected chi connectivity index (χ3v) is 4.95. The lowest BCUT2D eigenvalue weighted by Gasteiger charge is -2.28. The van der Waals surface area contributed by atoms with E-state index in [-0.39, 0.29) is 0 Å². The lowest BCUT2D eigenvalue weighted by molar-refractivity contribution is 0.716. The lowest BCUT2D eigenvalue weighted by Crippen LogP contribution is -2.35. The molecule has 0 aliphatic rings. The van der Waals surface area contributed by atoms with Crippen LogP contribution >= 0.6 is 0 Å². The summed E-state index contributed by atoms with van der Waals surface area (Å²) in [7, 11) is 2.15. The summed E-state index contributed by atoms with van der Waals surface area (Å²) in [5.74, 6) is 0. The van der Waals surface area contributed by atoms with Crippen molar-refractivity contribution in [3.63, 3.8) is 0 Å². The minimum absolute atomic E-state index is 0.374. The molecule has 1 unspecified atom stereocenters. The second-order valence-electron chi connectivity index (χ2n) is 6.60. The maximum atomic E-state index is 4.77. The fourth-order valence-electron chi connectivity index (χ4n) is 3.31. The number of rotatable bonds is 6. The number of hydrogen-bond acceptors (Lipinski definition) is 3. The molecule has 0 aliphatic carbocycles. The van der Waals surface area contributed by atoms with Gasteiger partial charge < -0.3 is 10.2 Å². The van der Waals surface area contributed by atoms with Crippen LogP contribution in [0.2, 0.25) is 0 Å². The predicted molar refractivity (Wildman–Crippen MR) is 109 cm³/mol. The van der Waals surface area contributed by atoms with Gasteiger partial charge in [-0.2, -0.15) is 0 Å². The second-order valence-corrected chi connectivity index (χ2v) is 6.60. The summed E-state index contributed by atoms with van der Waals surface area (Å²) in [6.07, 6.45) is 0.981. The monoisotopic (exact) mass is 333 g/mol. The van der Waals surface area contributed by atoms with Crippen molar-refractivity contribution in [1.82, 2.24) is 4.98 Å². The normalized spacial score (nSPS) is 12.2. The van der Waals surface area contributed by atoms with Crippen molar-refractivity contribution in [1.29, 1.82) is 0 Å². The van der Waals surface area contributed by atoms with Gasteiger partial charge in [0.1, 0.15) is 0 Å². The number of hydrogen-bond donors (Lipinski definition) is 1. The van der Waals surface area contributed by atoms with Gasteiger partial charge in [-0.25, -0.2) is 0 Å². The molecule has 0 saturated heterocycles. The minimum atomic E-state index is 0.374. The Hall–Kier alpha value is -2.55. The average molecular weight is 333 g/mol. The van der Waals surface area contributed by atoms with E-state index >= 15 is 0 Å². The van der Waals surface area contributed by atoms with Gasteiger partial charge in [0.2, 0.25) is 0 Å². The largest absolute Gasteiger partial charge is 0.382 e. The van der Waals surface area contributed by atoms with E-state index in [4.69, 9.17) is 4.98 Å². The van der Waals surface area contributed by atoms with E-state index in [2.05, 4.69) is 92.6 Å². The van der Waals surface area contributed by atoms with Crippen LogP contribution in [-0.2, 0) is 6.42 Å². The lowest BCUT2D eigenvalue weighted by atomic mass is 10.0. The highest BCUT2D eigenvalue weighted by Gasteiger charge is 2.14. The van der Waals surface area contributed by atoms with Gasteiger partial charge in [-0.1, -0.05) is 43.3 Å². The predicted octanol–water partition coefficient (Wildman–Crippen LogP) is 5.04. The second kappa shape index (κ2) is 7.56. The van der Waals surface area contributed by atoms with Crippen LogP contribution in [0.5, 0.6) is 0 Å².